The summed E-state index contributed by atoms with van der Waals surface area (Å²) in [5.74, 6) is 6.44. The fourth-order valence-corrected chi connectivity index (χ4v) is 4.72. The molecule has 1 unspecified atom stereocenters. The smallest absolute Gasteiger partial charge is 0.308 e. The number of ether oxygens (including phenoxy) is 1. The Morgan fingerprint density at radius 1 is 1.28 bits per heavy atom. The third kappa shape index (κ3) is 4.02. The SMILES string of the molecule is Cc1cc(N(C(=O)C#CC2CCOC2)c2ccc3c(n2)C(=O)N(C)C3)c(C2CC2)cc1I. The van der Waals surface area contributed by atoms with Crippen molar-refractivity contribution in [2.75, 3.05) is 25.2 Å². The standard InChI is InChI=1S/C25H24IN3O3/c1-15-11-21(19(12-20(15)26)17-4-5-17)29(23(30)8-3-16-9-10-32-14-16)22-7-6-18-13-28(2)25(31)24(18)27-22/h6-7,11-12,16-17H,4-5,9-10,13-14H2,1-2H3. The lowest BCUT2D eigenvalue weighted by atomic mass is 10.0. The van der Waals surface area contributed by atoms with E-state index >= 15 is 0 Å². The van der Waals surface area contributed by atoms with Crippen LogP contribution in [0, 0.1) is 28.3 Å². The van der Waals surface area contributed by atoms with E-state index in [1.807, 2.05) is 19.1 Å². The summed E-state index contributed by atoms with van der Waals surface area (Å²) >= 11 is 2.34. The highest BCUT2D eigenvalue weighted by Gasteiger charge is 2.33. The van der Waals surface area contributed by atoms with Crippen LogP contribution in [-0.2, 0) is 16.1 Å². The summed E-state index contributed by atoms with van der Waals surface area (Å²) in [4.78, 5) is 34.0. The number of anilines is 2. The van der Waals surface area contributed by atoms with Crippen LogP contribution >= 0.6 is 22.6 Å². The molecule has 0 N–H and O–H groups in total. The Kier molecular flexibility index (Phi) is 5.68. The van der Waals surface area contributed by atoms with Gasteiger partial charge in [-0.05, 0) is 89.9 Å². The number of benzene rings is 1. The number of fused-ring (bicyclic) bond motifs is 1. The second-order valence-corrected chi connectivity index (χ2v) is 9.91. The van der Waals surface area contributed by atoms with Gasteiger partial charge in [-0.3, -0.25) is 14.5 Å². The van der Waals surface area contributed by atoms with Gasteiger partial charge in [-0.2, -0.15) is 0 Å². The molecule has 0 spiro atoms. The van der Waals surface area contributed by atoms with Gasteiger partial charge >= 0.3 is 5.91 Å². The topological polar surface area (TPSA) is 62.7 Å². The molecule has 1 saturated heterocycles. The Morgan fingerprint density at radius 3 is 2.81 bits per heavy atom. The predicted octanol–water partition coefficient (Wildman–Crippen LogP) is 4.16. The quantitative estimate of drug-likeness (QED) is 0.433. The van der Waals surface area contributed by atoms with E-state index in [1.54, 1.807) is 16.8 Å². The number of carbonyl (C=O) groups is 2. The number of aryl methyl sites for hydroxylation is 1. The molecule has 164 valence electrons. The van der Waals surface area contributed by atoms with Crippen molar-refractivity contribution in [1.82, 2.24) is 9.88 Å². The lowest BCUT2D eigenvalue weighted by molar-refractivity contribution is -0.112. The van der Waals surface area contributed by atoms with Crippen molar-refractivity contribution >= 4 is 45.9 Å². The average molecular weight is 541 g/mol. The molecule has 1 saturated carbocycles. The fourth-order valence-electron chi connectivity index (χ4n) is 4.22. The summed E-state index contributed by atoms with van der Waals surface area (Å²) in [6.07, 6.45) is 3.06. The van der Waals surface area contributed by atoms with Crippen LogP contribution < -0.4 is 4.90 Å². The minimum atomic E-state index is -0.328. The van der Waals surface area contributed by atoms with E-state index in [0.29, 0.717) is 37.2 Å². The van der Waals surface area contributed by atoms with Crippen molar-refractivity contribution in [3.8, 4) is 11.8 Å². The van der Waals surface area contributed by atoms with Gasteiger partial charge < -0.3 is 9.64 Å². The van der Waals surface area contributed by atoms with Crippen molar-refractivity contribution in [3.05, 3.63) is 50.2 Å². The number of aromatic nitrogens is 1. The maximum Gasteiger partial charge on any atom is 0.308 e. The van der Waals surface area contributed by atoms with Gasteiger partial charge in [-0.25, -0.2) is 4.98 Å². The third-order valence-electron chi connectivity index (χ3n) is 6.23. The Labute approximate surface area is 201 Å². The summed E-state index contributed by atoms with van der Waals surface area (Å²) in [5, 5.41) is 0. The molecule has 1 atom stereocenters. The van der Waals surface area contributed by atoms with Crippen LogP contribution in [0.5, 0.6) is 0 Å². The lowest BCUT2D eigenvalue weighted by Crippen LogP contribution is -2.27. The van der Waals surface area contributed by atoms with Gasteiger partial charge in [0.25, 0.3) is 5.91 Å². The molecule has 2 amide bonds. The number of amides is 2. The molecule has 1 aromatic carbocycles. The van der Waals surface area contributed by atoms with E-state index in [4.69, 9.17) is 4.74 Å². The van der Waals surface area contributed by atoms with Gasteiger partial charge in [0.1, 0.15) is 11.5 Å². The summed E-state index contributed by atoms with van der Waals surface area (Å²) in [6, 6.07) is 7.95. The van der Waals surface area contributed by atoms with Crippen LogP contribution in [0.3, 0.4) is 0 Å². The molecular weight excluding hydrogens is 517 g/mol. The minimum Gasteiger partial charge on any atom is -0.380 e. The van der Waals surface area contributed by atoms with E-state index in [9.17, 15) is 9.59 Å². The maximum atomic E-state index is 13.5. The Bertz CT molecular complexity index is 1170. The predicted molar refractivity (Wildman–Crippen MR) is 130 cm³/mol. The summed E-state index contributed by atoms with van der Waals surface area (Å²) in [6.45, 7) is 3.82. The Balaban J connectivity index is 1.62. The molecule has 0 bridgehead atoms. The molecule has 2 aliphatic heterocycles. The van der Waals surface area contributed by atoms with Crippen LogP contribution in [0.2, 0.25) is 0 Å². The second kappa shape index (κ2) is 8.49. The van der Waals surface area contributed by atoms with E-state index in [-0.39, 0.29) is 17.7 Å². The first-order valence-corrected chi connectivity index (χ1v) is 12.0. The summed E-state index contributed by atoms with van der Waals surface area (Å²) < 4.78 is 6.57. The molecule has 0 radical (unpaired) electrons. The molecule has 2 aromatic rings. The maximum absolute atomic E-state index is 13.5. The molecular formula is C25H24IN3O3. The van der Waals surface area contributed by atoms with Crippen LogP contribution in [0.15, 0.2) is 24.3 Å². The Morgan fingerprint density at radius 2 is 2.09 bits per heavy atom. The zero-order valence-electron chi connectivity index (χ0n) is 18.2. The molecule has 5 rings (SSSR count). The molecule has 2 fully saturated rings. The van der Waals surface area contributed by atoms with E-state index in [0.717, 1.165) is 41.6 Å². The normalized spacial score (nSPS) is 19.5. The molecule has 3 aliphatic rings. The highest BCUT2D eigenvalue weighted by Crippen LogP contribution is 2.46. The first-order valence-electron chi connectivity index (χ1n) is 10.9. The monoisotopic (exact) mass is 541 g/mol. The summed E-state index contributed by atoms with van der Waals surface area (Å²) in [5.41, 5.74) is 4.35. The number of rotatable bonds is 3. The molecule has 1 aromatic heterocycles. The highest BCUT2D eigenvalue weighted by atomic mass is 127. The largest absolute Gasteiger partial charge is 0.380 e. The number of nitrogens with zero attached hydrogens (tertiary/aromatic N) is 3. The number of hydrogen-bond donors (Lipinski definition) is 0. The van der Waals surface area contributed by atoms with E-state index in [1.165, 1.54) is 3.57 Å². The fraction of sp³-hybridized carbons (Fsp3) is 0.400. The van der Waals surface area contributed by atoms with Gasteiger partial charge in [-0.15, -0.1) is 0 Å². The molecule has 6 nitrogen and oxygen atoms in total. The number of pyridine rings is 1. The van der Waals surface area contributed by atoms with Crippen LogP contribution in [0.1, 0.15) is 52.4 Å². The van der Waals surface area contributed by atoms with Crippen LogP contribution in [0.25, 0.3) is 0 Å². The van der Waals surface area contributed by atoms with Gasteiger partial charge in [0, 0.05) is 35.3 Å². The molecule has 3 heterocycles. The zero-order chi connectivity index (χ0) is 22.4. The van der Waals surface area contributed by atoms with Crippen LogP contribution in [0.4, 0.5) is 11.5 Å². The van der Waals surface area contributed by atoms with Crippen LogP contribution in [-0.4, -0.2) is 42.0 Å². The second-order valence-electron chi connectivity index (χ2n) is 8.74. The number of halogens is 1. The van der Waals surface area contributed by atoms with Crippen molar-refractivity contribution in [3.63, 3.8) is 0 Å². The van der Waals surface area contributed by atoms with Gasteiger partial charge in [0.2, 0.25) is 0 Å². The van der Waals surface area contributed by atoms with Gasteiger partial charge in [0.05, 0.1) is 12.3 Å². The van der Waals surface area contributed by atoms with E-state index < -0.39 is 0 Å². The molecule has 1 aliphatic carbocycles. The average Bonchev–Trinajstić information content (AvgIpc) is 3.41. The highest BCUT2D eigenvalue weighted by molar-refractivity contribution is 14.1. The van der Waals surface area contributed by atoms with Gasteiger partial charge in [-0.1, -0.05) is 12.0 Å². The first kappa shape index (κ1) is 21.4. The first-order chi connectivity index (χ1) is 15.4. The summed E-state index contributed by atoms with van der Waals surface area (Å²) in [7, 11) is 1.76. The molecule has 7 heteroatoms. The van der Waals surface area contributed by atoms with Crippen molar-refractivity contribution in [1.29, 1.82) is 0 Å². The van der Waals surface area contributed by atoms with Gasteiger partial charge in [0.15, 0.2) is 0 Å². The molecule has 32 heavy (non-hydrogen) atoms. The number of hydrogen-bond acceptors (Lipinski definition) is 4. The van der Waals surface area contributed by atoms with Crippen molar-refractivity contribution in [2.45, 2.75) is 38.6 Å². The lowest BCUT2D eigenvalue weighted by Gasteiger charge is -2.24. The minimum absolute atomic E-state index is 0.0744. The third-order valence-corrected chi connectivity index (χ3v) is 7.39. The number of carbonyl (C=O) groups excluding carboxylic acids is 2. The Hall–Kier alpha value is -2.44. The van der Waals surface area contributed by atoms with Crippen molar-refractivity contribution in [2.24, 2.45) is 5.92 Å². The van der Waals surface area contributed by atoms with Crippen molar-refractivity contribution < 1.29 is 14.3 Å². The zero-order valence-corrected chi connectivity index (χ0v) is 20.3. The van der Waals surface area contributed by atoms with E-state index in [2.05, 4.69) is 51.5 Å².